The molecule has 2 aromatic carbocycles. The Labute approximate surface area is 179 Å². The number of methoxy groups -OCH3 is 1. The zero-order valence-electron chi connectivity index (χ0n) is 17.6. The number of ether oxygens (including phenoxy) is 1. The van der Waals surface area contributed by atoms with E-state index in [9.17, 15) is 13.2 Å². The van der Waals surface area contributed by atoms with E-state index in [0.717, 1.165) is 12.0 Å². The van der Waals surface area contributed by atoms with E-state index < -0.39 is 10.0 Å². The van der Waals surface area contributed by atoms with Crippen molar-refractivity contribution in [2.24, 2.45) is 5.92 Å². The van der Waals surface area contributed by atoms with E-state index in [1.54, 1.807) is 6.07 Å². The summed E-state index contributed by atoms with van der Waals surface area (Å²) in [6, 6.07) is 14.3. The van der Waals surface area contributed by atoms with Gasteiger partial charge in [0.2, 0.25) is 10.0 Å². The lowest BCUT2D eigenvalue weighted by molar-refractivity contribution is 0.0928. The summed E-state index contributed by atoms with van der Waals surface area (Å²) in [6.07, 6.45) is 7.02. The van der Waals surface area contributed by atoms with E-state index in [1.165, 1.54) is 58.4 Å². The summed E-state index contributed by atoms with van der Waals surface area (Å²) in [5.41, 5.74) is 1.35. The van der Waals surface area contributed by atoms with Crippen molar-refractivity contribution in [2.45, 2.75) is 49.5 Å². The van der Waals surface area contributed by atoms with Gasteiger partial charge in [-0.15, -0.1) is 0 Å². The van der Waals surface area contributed by atoms with Gasteiger partial charge in [-0.1, -0.05) is 62.4 Å². The Bertz CT molecular complexity index is 954. The molecule has 0 bridgehead atoms. The lowest BCUT2D eigenvalue weighted by Crippen LogP contribution is -2.31. The minimum Gasteiger partial charge on any atom is -0.495 e. The van der Waals surface area contributed by atoms with Gasteiger partial charge < -0.3 is 10.1 Å². The van der Waals surface area contributed by atoms with Crippen molar-refractivity contribution in [3.63, 3.8) is 0 Å². The van der Waals surface area contributed by atoms with Gasteiger partial charge in [0.15, 0.2) is 0 Å². The van der Waals surface area contributed by atoms with Gasteiger partial charge in [-0.2, -0.15) is 0 Å². The summed E-state index contributed by atoms with van der Waals surface area (Å²) in [5, 5.41) is 3.14. The molecule has 0 saturated heterocycles. The Kier molecular flexibility index (Phi) is 7.50. The highest BCUT2D eigenvalue weighted by Gasteiger charge is 2.24. The average molecular weight is 431 g/mol. The third-order valence-corrected chi connectivity index (χ3v) is 7.22. The number of sulfonamides is 1. The molecule has 0 unspecified atom stereocenters. The largest absolute Gasteiger partial charge is 0.495 e. The second-order valence-corrected chi connectivity index (χ2v) is 9.60. The molecule has 0 aliphatic heterocycles. The van der Waals surface area contributed by atoms with Crippen molar-refractivity contribution in [1.29, 1.82) is 0 Å². The molecule has 1 amide bonds. The zero-order valence-corrected chi connectivity index (χ0v) is 18.4. The Morgan fingerprint density at radius 3 is 2.43 bits per heavy atom. The van der Waals surface area contributed by atoms with Crippen LogP contribution in [-0.2, 0) is 10.0 Å². The van der Waals surface area contributed by atoms with E-state index in [0.29, 0.717) is 5.92 Å². The third kappa shape index (κ3) is 5.40. The molecule has 3 rings (SSSR count). The molecule has 6 nitrogen and oxygen atoms in total. The smallest absolute Gasteiger partial charge is 0.251 e. The first kappa shape index (κ1) is 22.3. The average Bonchev–Trinajstić information content (AvgIpc) is 2.79. The van der Waals surface area contributed by atoms with E-state index in [-0.39, 0.29) is 28.2 Å². The third-order valence-electron chi connectivity index (χ3n) is 5.79. The summed E-state index contributed by atoms with van der Waals surface area (Å²) in [6.45, 7) is 0. The van der Waals surface area contributed by atoms with Crippen LogP contribution in [0.4, 0.5) is 0 Å². The molecule has 162 valence electrons. The minimum absolute atomic E-state index is 0.0521. The van der Waals surface area contributed by atoms with Gasteiger partial charge >= 0.3 is 0 Å². The second-order valence-electron chi connectivity index (χ2n) is 7.75. The lowest BCUT2D eigenvalue weighted by Gasteiger charge is -2.27. The normalized spacial score (nSPS) is 16.1. The number of nitrogens with one attached hydrogen (secondary N) is 2. The molecule has 1 aliphatic carbocycles. The highest BCUT2D eigenvalue weighted by Crippen LogP contribution is 2.32. The Balaban J connectivity index is 1.85. The Morgan fingerprint density at radius 1 is 1.10 bits per heavy atom. The highest BCUT2D eigenvalue weighted by molar-refractivity contribution is 7.89. The van der Waals surface area contributed by atoms with E-state index in [2.05, 4.69) is 10.0 Å². The molecule has 1 saturated carbocycles. The van der Waals surface area contributed by atoms with Crippen molar-refractivity contribution < 1.29 is 17.9 Å². The molecule has 1 atom stereocenters. The molecular formula is C23H30N2O4S. The molecule has 30 heavy (non-hydrogen) atoms. The molecule has 0 aromatic heterocycles. The van der Waals surface area contributed by atoms with E-state index >= 15 is 0 Å². The van der Waals surface area contributed by atoms with Crippen LogP contribution in [0.15, 0.2) is 53.4 Å². The quantitative estimate of drug-likeness (QED) is 0.662. The first-order valence-corrected chi connectivity index (χ1v) is 11.9. The van der Waals surface area contributed by atoms with Crippen LogP contribution >= 0.6 is 0 Å². The van der Waals surface area contributed by atoms with E-state index in [1.807, 2.05) is 30.3 Å². The molecule has 0 spiro atoms. The lowest BCUT2D eigenvalue weighted by atomic mass is 9.83. The Hall–Kier alpha value is -2.38. The minimum atomic E-state index is -3.76. The molecular weight excluding hydrogens is 400 g/mol. The summed E-state index contributed by atoms with van der Waals surface area (Å²) < 4.78 is 32.1. The van der Waals surface area contributed by atoms with Crippen LogP contribution in [0.25, 0.3) is 0 Å². The monoisotopic (exact) mass is 430 g/mol. The summed E-state index contributed by atoms with van der Waals surface area (Å²) >= 11 is 0. The number of hydrogen-bond acceptors (Lipinski definition) is 4. The van der Waals surface area contributed by atoms with Crippen molar-refractivity contribution in [1.82, 2.24) is 10.0 Å². The molecule has 1 fully saturated rings. The molecule has 2 aromatic rings. The maximum atomic E-state index is 13.1. The number of rotatable bonds is 8. The Morgan fingerprint density at radius 2 is 1.80 bits per heavy atom. The van der Waals surface area contributed by atoms with Crippen LogP contribution < -0.4 is 14.8 Å². The van der Waals surface area contributed by atoms with Crippen LogP contribution in [0.3, 0.4) is 0 Å². The van der Waals surface area contributed by atoms with Gasteiger partial charge in [-0.3, -0.25) is 4.79 Å². The maximum absolute atomic E-state index is 13.1. The standard InChI is InChI=1S/C23H30N2O4S/c1-24-30(27,28)22-16-19(13-14-21(22)29-2)23(26)25-20(18-11-7-4-8-12-18)15-17-9-5-3-6-10-17/h4,7-8,11-14,16-17,20,24H,3,5-6,9-10,15H2,1-2H3,(H,25,26)/t20-/m1/s1. The topological polar surface area (TPSA) is 84.5 Å². The summed E-state index contributed by atoms with van der Waals surface area (Å²) in [5.74, 6) is 0.484. The van der Waals surface area contributed by atoms with Gasteiger partial charge in [-0.25, -0.2) is 13.1 Å². The van der Waals surface area contributed by atoms with Gasteiger partial charge in [-0.05, 0) is 43.1 Å². The fourth-order valence-corrected chi connectivity index (χ4v) is 5.02. The predicted octanol–water partition coefficient (Wildman–Crippen LogP) is 4.04. The number of amides is 1. The van der Waals surface area contributed by atoms with Gasteiger partial charge in [0, 0.05) is 5.56 Å². The molecule has 0 heterocycles. The number of benzene rings is 2. The van der Waals surface area contributed by atoms with Crippen LogP contribution in [0.1, 0.15) is 60.5 Å². The van der Waals surface area contributed by atoms with Crippen LogP contribution in [0, 0.1) is 5.92 Å². The fraction of sp³-hybridized carbons (Fsp3) is 0.435. The molecule has 2 N–H and O–H groups in total. The predicted molar refractivity (Wildman–Crippen MR) is 117 cm³/mol. The summed E-state index contributed by atoms with van der Waals surface area (Å²) in [7, 11) is -1.02. The maximum Gasteiger partial charge on any atom is 0.251 e. The molecule has 1 aliphatic rings. The first-order chi connectivity index (χ1) is 14.4. The van der Waals surface area contributed by atoms with Crippen molar-refractivity contribution in [3.8, 4) is 5.75 Å². The van der Waals surface area contributed by atoms with Crippen LogP contribution in [0.2, 0.25) is 0 Å². The first-order valence-electron chi connectivity index (χ1n) is 10.4. The van der Waals surface area contributed by atoms with Gasteiger partial charge in [0.25, 0.3) is 5.91 Å². The van der Waals surface area contributed by atoms with Crippen molar-refractivity contribution in [3.05, 3.63) is 59.7 Å². The van der Waals surface area contributed by atoms with Crippen molar-refractivity contribution >= 4 is 15.9 Å². The number of hydrogen-bond donors (Lipinski definition) is 2. The fourth-order valence-electron chi connectivity index (χ4n) is 4.10. The highest BCUT2D eigenvalue weighted by atomic mass is 32.2. The van der Waals surface area contributed by atoms with Gasteiger partial charge in [0.05, 0.1) is 13.2 Å². The van der Waals surface area contributed by atoms with E-state index in [4.69, 9.17) is 4.74 Å². The molecule has 7 heteroatoms. The zero-order chi connectivity index (χ0) is 21.6. The summed E-state index contributed by atoms with van der Waals surface area (Å²) in [4.78, 5) is 13.0. The SMILES string of the molecule is CNS(=O)(=O)c1cc(C(=O)N[C@H](CC2CCCCC2)c2ccccc2)ccc1OC. The second kappa shape index (κ2) is 10.1. The number of carbonyl (C=O) groups is 1. The van der Waals surface area contributed by atoms with Crippen molar-refractivity contribution in [2.75, 3.05) is 14.2 Å². The van der Waals surface area contributed by atoms with Gasteiger partial charge in [0.1, 0.15) is 10.6 Å². The number of carbonyl (C=O) groups excluding carboxylic acids is 1. The van der Waals surface area contributed by atoms with Crippen LogP contribution in [-0.4, -0.2) is 28.5 Å². The van der Waals surface area contributed by atoms with Crippen LogP contribution in [0.5, 0.6) is 5.75 Å². The molecule has 0 radical (unpaired) electrons.